The van der Waals surface area contributed by atoms with Crippen molar-refractivity contribution in [2.24, 2.45) is 5.92 Å². The molecule has 1 saturated carbocycles. The number of rotatable bonds is 4. The Balaban J connectivity index is 1.85. The topological polar surface area (TPSA) is 12.0 Å². The van der Waals surface area contributed by atoms with E-state index in [0.717, 1.165) is 11.6 Å². The van der Waals surface area contributed by atoms with Crippen LogP contribution in [0.15, 0.2) is 48.5 Å². The van der Waals surface area contributed by atoms with Crippen LogP contribution in [0.5, 0.6) is 0 Å². The molecular weight excluding hydrogens is 277 g/mol. The molecule has 2 atom stereocenters. The van der Waals surface area contributed by atoms with Crippen molar-refractivity contribution < 1.29 is 0 Å². The van der Waals surface area contributed by atoms with Gasteiger partial charge in [0.05, 0.1) is 0 Å². The molecule has 1 aliphatic carbocycles. The standard InChI is InChI=1S/C16H15Cl2N/c17-15-6-2-4-12(8-15)11-3-1-5-13(7-11)16-9-14(16)10-19-18/h1-8,14,16,19H,9-10H2. The minimum absolute atomic E-state index is 0.644. The first-order valence-electron chi connectivity index (χ1n) is 6.47. The van der Waals surface area contributed by atoms with E-state index < -0.39 is 0 Å². The van der Waals surface area contributed by atoms with E-state index in [-0.39, 0.29) is 0 Å². The SMILES string of the molecule is ClNCC1CC1c1cccc(-c2cccc(Cl)c2)c1. The van der Waals surface area contributed by atoms with Gasteiger partial charge in [0.15, 0.2) is 0 Å². The van der Waals surface area contributed by atoms with Gasteiger partial charge in [-0.2, -0.15) is 0 Å². The summed E-state index contributed by atoms with van der Waals surface area (Å²) in [6.07, 6.45) is 1.22. The second kappa shape index (κ2) is 5.54. The Labute approximate surface area is 123 Å². The van der Waals surface area contributed by atoms with Crippen molar-refractivity contribution in [3.05, 3.63) is 59.1 Å². The van der Waals surface area contributed by atoms with Gasteiger partial charge in [0, 0.05) is 11.6 Å². The van der Waals surface area contributed by atoms with Gasteiger partial charge in [0.2, 0.25) is 0 Å². The molecule has 0 bridgehead atoms. The molecule has 0 aromatic heterocycles. The zero-order valence-electron chi connectivity index (χ0n) is 10.4. The number of halogens is 2. The molecule has 0 amide bonds. The van der Waals surface area contributed by atoms with Gasteiger partial charge in [-0.3, -0.25) is 0 Å². The zero-order chi connectivity index (χ0) is 13.2. The maximum Gasteiger partial charge on any atom is 0.0412 e. The zero-order valence-corrected chi connectivity index (χ0v) is 12.0. The first-order valence-corrected chi connectivity index (χ1v) is 7.23. The van der Waals surface area contributed by atoms with Crippen LogP contribution in [0.3, 0.4) is 0 Å². The number of hydrogen-bond donors (Lipinski definition) is 1. The summed E-state index contributed by atoms with van der Waals surface area (Å²) in [7, 11) is 0. The number of nitrogens with one attached hydrogen (secondary N) is 1. The van der Waals surface area contributed by atoms with Crippen LogP contribution in [0, 0.1) is 5.92 Å². The molecule has 1 nitrogen and oxygen atoms in total. The van der Waals surface area contributed by atoms with Crippen LogP contribution in [0.4, 0.5) is 0 Å². The second-order valence-electron chi connectivity index (χ2n) is 5.08. The minimum Gasteiger partial charge on any atom is -0.233 e. The molecule has 98 valence electrons. The summed E-state index contributed by atoms with van der Waals surface area (Å²) >= 11 is 11.6. The Hall–Kier alpha value is -1.02. The summed E-state index contributed by atoms with van der Waals surface area (Å²) in [5.74, 6) is 1.32. The highest BCUT2D eigenvalue weighted by Crippen LogP contribution is 2.47. The Bertz CT molecular complexity index is 582. The van der Waals surface area contributed by atoms with Crippen molar-refractivity contribution in [3.8, 4) is 11.1 Å². The van der Waals surface area contributed by atoms with Crippen molar-refractivity contribution in [2.45, 2.75) is 12.3 Å². The average Bonchev–Trinajstić information content (AvgIpc) is 3.19. The molecule has 3 heteroatoms. The quantitative estimate of drug-likeness (QED) is 0.794. The summed E-state index contributed by atoms with van der Waals surface area (Å²) in [5, 5.41) is 0.776. The highest BCUT2D eigenvalue weighted by Gasteiger charge is 2.37. The lowest BCUT2D eigenvalue weighted by atomic mass is 10.0. The number of benzene rings is 2. The molecule has 0 saturated heterocycles. The molecule has 19 heavy (non-hydrogen) atoms. The maximum atomic E-state index is 6.05. The lowest BCUT2D eigenvalue weighted by Gasteiger charge is -2.06. The highest BCUT2D eigenvalue weighted by molar-refractivity contribution is 6.30. The van der Waals surface area contributed by atoms with Crippen LogP contribution < -0.4 is 4.84 Å². The van der Waals surface area contributed by atoms with E-state index in [9.17, 15) is 0 Å². The molecule has 1 aliphatic rings. The molecule has 2 aromatic carbocycles. The first-order chi connectivity index (χ1) is 9.28. The maximum absolute atomic E-state index is 6.05. The van der Waals surface area contributed by atoms with Crippen molar-refractivity contribution in [3.63, 3.8) is 0 Å². The predicted octanol–water partition coefficient (Wildman–Crippen LogP) is 4.85. The fourth-order valence-corrected chi connectivity index (χ4v) is 2.99. The van der Waals surface area contributed by atoms with Gasteiger partial charge in [-0.25, -0.2) is 4.84 Å². The van der Waals surface area contributed by atoms with Gasteiger partial charge in [-0.15, -0.1) is 0 Å². The van der Waals surface area contributed by atoms with Gasteiger partial charge >= 0.3 is 0 Å². The third-order valence-corrected chi connectivity index (χ3v) is 4.12. The van der Waals surface area contributed by atoms with Gasteiger partial charge < -0.3 is 0 Å². The van der Waals surface area contributed by atoms with E-state index in [4.69, 9.17) is 23.4 Å². The Morgan fingerprint density at radius 3 is 2.53 bits per heavy atom. The summed E-state index contributed by atoms with van der Waals surface area (Å²) in [6, 6.07) is 16.7. The molecule has 2 unspecified atom stereocenters. The third kappa shape index (κ3) is 2.94. The molecular formula is C16H15Cl2N. The van der Waals surface area contributed by atoms with Gasteiger partial charge in [0.25, 0.3) is 0 Å². The van der Waals surface area contributed by atoms with E-state index in [1.807, 2.05) is 18.2 Å². The summed E-state index contributed by atoms with van der Waals surface area (Å²) < 4.78 is 0. The fraction of sp³-hybridized carbons (Fsp3) is 0.250. The Morgan fingerprint density at radius 1 is 1.05 bits per heavy atom. The van der Waals surface area contributed by atoms with Crippen LogP contribution in [0.1, 0.15) is 17.9 Å². The molecule has 3 rings (SSSR count). The van der Waals surface area contributed by atoms with Crippen LogP contribution in [-0.2, 0) is 0 Å². The summed E-state index contributed by atoms with van der Waals surface area (Å²) in [5.41, 5.74) is 3.79. The van der Waals surface area contributed by atoms with Gasteiger partial charge in [-0.1, -0.05) is 48.0 Å². The van der Waals surface area contributed by atoms with Crippen molar-refractivity contribution in [1.82, 2.24) is 4.84 Å². The largest absolute Gasteiger partial charge is 0.233 e. The Morgan fingerprint density at radius 2 is 1.79 bits per heavy atom. The van der Waals surface area contributed by atoms with Crippen molar-refractivity contribution >= 4 is 23.4 Å². The van der Waals surface area contributed by atoms with E-state index in [2.05, 4.69) is 35.2 Å². The minimum atomic E-state index is 0.644. The lowest BCUT2D eigenvalue weighted by molar-refractivity contribution is 0.766. The molecule has 0 spiro atoms. The molecule has 0 aliphatic heterocycles. The van der Waals surface area contributed by atoms with Gasteiger partial charge in [-0.05, 0) is 58.9 Å². The molecule has 1 N–H and O–H groups in total. The van der Waals surface area contributed by atoms with Crippen molar-refractivity contribution in [2.75, 3.05) is 6.54 Å². The van der Waals surface area contributed by atoms with E-state index in [0.29, 0.717) is 11.8 Å². The Kier molecular flexibility index (Phi) is 3.79. The van der Waals surface area contributed by atoms with E-state index >= 15 is 0 Å². The smallest absolute Gasteiger partial charge is 0.0412 e. The van der Waals surface area contributed by atoms with E-state index in [1.165, 1.54) is 23.1 Å². The normalized spacial score (nSPS) is 21.4. The summed E-state index contributed by atoms with van der Waals surface area (Å²) in [6.45, 7) is 0.883. The average molecular weight is 292 g/mol. The second-order valence-corrected chi connectivity index (χ2v) is 5.78. The molecule has 0 heterocycles. The van der Waals surface area contributed by atoms with Crippen LogP contribution in [0.25, 0.3) is 11.1 Å². The first kappa shape index (κ1) is 13.0. The molecule has 1 fully saturated rings. The van der Waals surface area contributed by atoms with Crippen LogP contribution >= 0.6 is 23.4 Å². The van der Waals surface area contributed by atoms with Gasteiger partial charge in [0.1, 0.15) is 0 Å². The third-order valence-electron chi connectivity index (χ3n) is 3.73. The predicted molar refractivity (Wildman–Crippen MR) is 81.6 cm³/mol. The highest BCUT2D eigenvalue weighted by atomic mass is 35.5. The summed E-state index contributed by atoms with van der Waals surface area (Å²) in [4.78, 5) is 2.74. The monoisotopic (exact) mass is 291 g/mol. The van der Waals surface area contributed by atoms with Crippen molar-refractivity contribution in [1.29, 1.82) is 0 Å². The fourth-order valence-electron chi connectivity index (χ4n) is 2.60. The van der Waals surface area contributed by atoms with Crippen LogP contribution in [0.2, 0.25) is 5.02 Å². The van der Waals surface area contributed by atoms with Crippen LogP contribution in [-0.4, -0.2) is 6.54 Å². The molecule has 0 radical (unpaired) electrons. The molecule has 2 aromatic rings. The van der Waals surface area contributed by atoms with E-state index in [1.54, 1.807) is 0 Å². The lowest BCUT2D eigenvalue weighted by Crippen LogP contribution is -2.03. The number of hydrogen-bond acceptors (Lipinski definition) is 1.